The predicted octanol–water partition coefficient (Wildman–Crippen LogP) is 4.32. The van der Waals surface area contributed by atoms with Gasteiger partial charge < -0.3 is 10.1 Å². The highest BCUT2D eigenvalue weighted by Crippen LogP contribution is 2.19. The van der Waals surface area contributed by atoms with Crippen LogP contribution in [0.3, 0.4) is 0 Å². The summed E-state index contributed by atoms with van der Waals surface area (Å²) in [6.07, 6.45) is 1.59. The topological polar surface area (TPSA) is 51.2 Å². The van der Waals surface area contributed by atoms with Crippen molar-refractivity contribution in [1.82, 2.24) is 4.98 Å². The third kappa shape index (κ3) is 3.60. The molecule has 1 aromatic heterocycles. The first kappa shape index (κ1) is 15.7. The lowest BCUT2D eigenvalue weighted by atomic mass is 10.1. The molecule has 0 aliphatic heterocycles. The van der Waals surface area contributed by atoms with Gasteiger partial charge >= 0.3 is 0 Å². The minimum Gasteiger partial charge on any atom is -0.497 e. The smallest absolute Gasteiger partial charge is 0.257 e. The van der Waals surface area contributed by atoms with Gasteiger partial charge in [-0.1, -0.05) is 23.8 Å². The van der Waals surface area contributed by atoms with Crippen LogP contribution in [0.5, 0.6) is 5.75 Å². The van der Waals surface area contributed by atoms with Crippen LogP contribution in [-0.2, 0) is 0 Å². The van der Waals surface area contributed by atoms with E-state index in [0.717, 1.165) is 17.0 Å². The molecule has 24 heavy (non-hydrogen) atoms. The number of aromatic nitrogens is 1. The SMILES string of the molecule is COc1ccc(NC(=O)c2ccc(-c3cccc(C)c3)nc2)cc1. The molecule has 4 nitrogen and oxygen atoms in total. The van der Waals surface area contributed by atoms with E-state index in [4.69, 9.17) is 4.74 Å². The molecule has 0 atom stereocenters. The first-order valence-corrected chi connectivity index (χ1v) is 7.64. The van der Waals surface area contributed by atoms with E-state index in [-0.39, 0.29) is 5.91 Å². The van der Waals surface area contributed by atoms with Crippen LogP contribution in [0, 0.1) is 6.92 Å². The van der Waals surface area contributed by atoms with Crippen molar-refractivity contribution in [3.8, 4) is 17.0 Å². The van der Waals surface area contributed by atoms with E-state index in [1.165, 1.54) is 5.56 Å². The summed E-state index contributed by atoms with van der Waals surface area (Å²) in [6, 6.07) is 18.9. The highest BCUT2D eigenvalue weighted by molar-refractivity contribution is 6.04. The van der Waals surface area contributed by atoms with E-state index in [9.17, 15) is 4.79 Å². The monoisotopic (exact) mass is 318 g/mol. The number of methoxy groups -OCH3 is 1. The van der Waals surface area contributed by atoms with Gasteiger partial charge in [-0.2, -0.15) is 0 Å². The second-order valence-electron chi connectivity index (χ2n) is 5.48. The lowest BCUT2D eigenvalue weighted by Crippen LogP contribution is -2.12. The Bertz CT molecular complexity index is 840. The number of nitrogens with one attached hydrogen (secondary N) is 1. The van der Waals surface area contributed by atoms with Crippen molar-refractivity contribution in [3.05, 3.63) is 78.0 Å². The summed E-state index contributed by atoms with van der Waals surface area (Å²) in [5.41, 5.74) is 4.29. The summed E-state index contributed by atoms with van der Waals surface area (Å²) in [5.74, 6) is 0.556. The van der Waals surface area contributed by atoms with Crippen molar-refractivity contribution in [2.24, 2.45) is 0 Å². The molecule has 0 unspecified atom stereocenters. The molecule has 120 valence electrons. The van der Waals surface area contributed by atoms with Gasteiger partial charge in [-0.05, 0) is 49.4 Å². The molecule has 4 heteroatoms. The van der Waals surface area contributed by atoms with E-state index in [1.807, 2.05) is 31.2 Å². The van der Waals surface area contributed by atoms with E-state index in [1.54, 1.807) is 43.6 Å². The van der Waals surface area contributed by atoms with Crippen molar-refractivity contribution in [2.75, 3.05) is 12.4 Å². The maximum atomic E-state index is 12.3. The van der Waals surface area contributed by atoms with Crippen molar-refractivity contribution in [1.29, 1.82) is 0 Å². The van der Waals surface area contributed by atoms with Crippen molar-refractivity contribution in [3.63, 3.8) is 0 Å². The fraction of sp³-hybridized carbons (Fsp3) is 0.100. The third-order valence-electron chi connectivity index (χ3n) is 3.69. The van der Waals surface area contributed by atoms with Crippen LogP contribution >= 0.6 is 0 Å². The van der Waals surface area contributed by atoms with Gasteiger partial charge in [0.1, 0.15) is 5.75 Å². The number of carbonyl (C=O) groups is 1. The first-order chi connectivity index (χ1) is 11.7. The Labute approximate surface area is 141 Å². The number of anilines is 1. The number of hydrogen-bond acceptors (Lipinski definition) is 3. The van der Waals surface area contributed by atoms with E-state index < -0.39 is 0 Å². The Morgan fingerprint density at radius 3 is 2.46 bits per heavy atom. The normalized spacial score (nSPS) is 10.2. The molecule has 0 fully saturated rings. The Hall–Kier alpha value is -3.14. The molecule has 3 aromatic rings. The lowest BCUT2D eigenvalue weighted by Gasteiger charge is -2.07. The summed E-state index contributed by atoms with van der Waals surface area (Å²) < 4.78 is 5.10. The van der Waals surface area contributed by atoms with Crippen molar-refractivity contribution < 1.29 is 9.53 Å². The van der Waals surface area contributed by atoms with Gasteiger partial charge in [0.05, 0.1) is 18.4 Å². The fourth-order valence-corrected chi connectivity index (χ4v) is 2.38. The third-order valence-corrected chi connectivity index (χ3v) is 3.69. The Morgan fingerprint density at radius 1 is 1.04 bits per heavy atom. The van der Waals surface area contributed by atoms with Crippen LogP contribution in [0.2, 0.25) is 0 Å². The molecule has 2 aromatic carbocycles. The van der Waals surface area contributed by atoms with Gasteiger partial charge in [0.2, 0.25) is 0 Å². The molecule has 0 saturated heterocycles. The molecule has 0 bridgehead atoms. The molecule has 0 spiro atoms. The number of carbonyl (C=O) groups excluding carboxylic acids is 1. The van der Waals surface area contributed by atoms with E-state index >= 15 is 0 Å². The maximum Gasteiger partial charge on any atom is 0.257 e. The van der Waals surface area contributed by atoms with Gasteiger partial charge in [-0.3, -0.25) is 9.78 Å². The fourth-order valence-electron chi connectivity index (χ4n) is 2.38. The summed E-state index contributed by atoms with van der Waals surface area (Å²) in [6.45, 7) is 2.04. The maximum absolute atomic E-state index is 12.3. The number of amides is 1. The van der Waals surface area contributed by atoms with Crippen LogP contribution in [0.15, 0.2) is 66.9 Å². The summed E-state index contributed by atoms with van der Waals surface area (Å²) >= 11 is 0. The van der Waals surface area contributed by atoms with Gasteiger partial charge in [-0.15, -0.1) is 0 Å². The van der Waals surface area contributed by atoms with Crippen LogP contribution in [-0.4, -0.2) is 18.0 Å². The number of ether oxygens (including phenoxy) is 1. The Kier molecular flexibility index (Phi) is 4.57. The van der Waals surface area contributed by atoms with Crippen molar-refractivity contribution in [2.45, 2.75) is 6.92 Å². The average Bonchev–Trinajstić information content (AvgIpc) is 2.62. The second-order valence-corrected chi connectivity index (χ2v) is 5.48. The number of aryl methyl sites for hydroxylation is 1. The van der Waals surface area contributed by atoms with Gasteiger partial charge in [0, 0.05) is 17.4 Å². The summed E-state index contributed by atoms with van der Waals surface area (Å²) in [4.78, 5) is 16.7. The highest BCUT2D eigenvalue weighted by atomic mass is 16.5. The number of hydrogen-bond donors (Lipinski definition) is 1. The summed E-state index contributed by atoms with van der Waals surface area (Å²) in [7, 11) is 1.61. The number of pyridine rings is 1. The molecule has 3 rings (SSSR count). The lowest BCUT2D eigenvalue weighted by molar-refractivity contribution is 0.102. The number of benzene rings is 2. The largest absolute Gasteiger partial charge is 0.497 e. The standard InChI is InChI=1S/C20H18N2O2/c1-14-4-3-5-15(12-14)19-11-6-16(13-21-19)20(23)22-17-7-9-18(24-2)10-8-17/h3-13H,1-2H3,(H,22,23). The molecule has 1 amide bonds. The van der Waals surface area contributed by atoms with Gasteiger partial charge in [0.15, 0.2) is 0 Å². The predicted molar refractivity (Wildman–Crippen MR) is 95.4 cm³/mol. The minimum atomic E-state index is -0.191. The van der Waals surface area contributed by atoms with Gasteiger partial charge in [0.25, 0.3) is 5.91 Å². The molecular weight excluding hydrogens is 300 g/mol. The zero-order valence-electron chi connectivity index (χ0n) is 13.6. The van der Waals surface area contributed by atoms with E-state index in [0.29, 0.717) is 11.3 Å². The quantitative estimate of drug-likeness (QED) is 0.779. The number of nitrogens with zero attached hydrogens (tertiary/aromatic N) is 1. The van der Waals surface area contributed by atoms with Crippen LogP contribution in [0.25, 0.3) is 11.3 Å². The average molecular weight is 318 g/mol. The zero-order valence-corrected chi connectivity index (χ0v) is 13.6. The summed E-state index contributed by atoms with van der Waals surface area (Å²) in [5, 5.41) is 2.84. The first-order valence-electron chi connectivity index (χ1n) is 7.64. The molecule has 0 aliphatic rings. The van der Waals surface area contributed by atoms with E-state index in [2.05, 4.69) is 16.4 Å². The molecule has 0 aliphatic carbocycles. The van der Waals surface area contributed by atoms with Crippen LogP contribution < -0.4 is 10.1 Å². The molecule has 1 N–H and O–H groups in total. The Balaban J connectivity index is 1.73. The molecule has 0 radical (unpaired) electrons. The van der Waals surface area contributed by atoms with Crippen molar-refractivity contribution >= 4 is 11.6 Å². The zero-order chi connectivity index (χ0) is 16.9. The van der Waals surface area contributed by atoms with Gasteiger partial charge in [-0.25, -0.2) is 0 Å². The van der Waals surface area contributed by atoms with Crippen LogP contribution in [0.4, 0.5) is 5.69 Å². The second kappa shape index (κ2) is 6.96. The molecule has 0 saturated carbocycles. The molecule has 1 heterocycles. The minimum absolute atomic E-state index is 0.191. The van der Waals surface area contributed by atoms with Crippen LogP contribution in [0.1, 0.15) is 15.9 Å². The molecular formula is C20H18N2O2. The Morgan fingerprint density at radius 2 is 1.83 bits per heavy atom. The highest BCUT2D eigenvalue weighted by Gasteiger charge is 2.08. The number of rotatable bonds is 4.